The van der Waals surface area contributed by atoms with Crippen molar-refractivity contribution >= 4 is 15.9 Å². The first-order valence-electron chi connectivity index (χ1n) is 5.79. The van der Waals surface area contributed by atoms with Crippen molar-refractivity contribution in [2.45, 2.75) is 13.0 Å². The molecule has 1 unspecified atom stereocenters. The molecule has 3 nitrogen and oxygen atoms in total. The van der Waals surface area contributed by atoms with Gasteiger partial charge in [-0.3, -0.25) is 4.68 Å². The van der Waals surface area contributed by atoms with Crippen molar-refractivity contribution in [1.82, 2.24) is 15.1 Å². The second kappa shape index (κ2) is 5.63. The lowest BCUT2D eigenvalue weighted by Crippen LogP contribution is -2.23. The molecule has 0 radical (unpaired) electrons. The monoisotopic (exact) mass is 311 g/mol. The molecule has 1 aromatic heterocycles. The fraction of sp³-hybridized carbons (Fsp3) is 0.308. The molecule has 1 aromatic carbocycles. The first-order valence-corrected chi connectivity index (χ1v) is 6.59. The van der Waals surface area contributed by atoms with Crippen LogP contribution in [0, 0.1) is 5.82 Å². The van der Waals surface area contributed by atoms with Crippen LogP contribution in [0.2, 0.25) is 0 Å². The van der Waals surface area contributed by atoms with Gasteiger partial charge in [0.2, 0.25) is 0 Å². The minimum atomic E-state index is -0.228. The van der Waals surface area contributed by atoms with Crippen LogP contribution in [0.15, 0.2) is 34.9 Å². The lowest BCUT2D eigenvalue weighted by atomic mass is 10.0. The van der Waals surface area contributed by atoms with Crippen molar-refractivity contribution in [3.05, 3.63) is 52.0 Å². The standard InChI is InChI=1S/C13H15BrFN3/c1-3-16-13(12-6-7-18(2)17-12)10-8-9(14)4-5-11(10)15/h4-8,13,16H,3H2,1-2H3. The highest BCUT2D eigenvalue weighted by Gasteiger charge is 2.19. The molecule has 0 aliphatic heterocycles. The normalized spacial score (nSPS) is 12.7. The molecule has 0 amide bonds. The highest BCUT2D eigenvalue weighted by Crippen LogP contribution is 2.26. The van der Waals surface area contributed by atoms with E-state index in [4.69, 9.17) is 0 Å². The Morgan fingerprint density at radius 1 is 1.44 bits per heavy atom. The maximum absolute atomic E-state index is 13.9. The van der Waals surface area contributed by atoms with Crippen molar-refractivity contribution in [1.29, 1.82) is 0 Å². The molecule has 0 saturated carbocycles. The highest BCUT2D eigenvalue weighted by molar-refractivity contribution is 9.10. The maximum atomic E-state index is 13.9. The summed E-state index contributed by atoms with van der Waals surface area (Å²) in [6, 6.07) is 6.62. The third-order valence-electron chi connectivity index (χ3n) is 2.71. The molecule has 96 valence electrons. The molecule has 1 atom stereocenters. The largest absolute Gasteiger partial charge is 0.305 e. The van der Waals surface area contributed by atoms with Crippen molar-refractivity contribution in [3.8, 4) is 0 Å². The summed E-state index contributed by atoms with van der Waals surface area (Å²) >= 11 is 3.37. The van der Waals surface area contributed by atoms with Crippen LogP contribution < -0.4 is 5.32 Å². The summed E-state index contributed by atoms with van der Waals surface area (Å²) in [6.45, 7) is 2.74. The Kier molecular flexibility index (Phi) is 4.14. The van der Waals surface area contributed by atoms with E-state index in [1.165, 1.54) is 6.07 Å². The smallest absolute Gasteiger partial charge is 0.128 e. The third kappa shape index (κ3) is 2.79. The van der Waals surface area contributed by atoms with Crippen molar-refractivity contribution in [3.63, 3.8) is 0 Å². The van der Waals surface area contributed by atoms with Gasteiger partial charge < -0.3 is 5.32 Å². The maximum Gasteiger partial charge on any atom is 0.128 e. The predicted octanol–water partition coefficient (Wildman–Crippen LogP) is 3.02. The van der Waals surface area contributed by atoms with Gasteiger partial charge in [-0.05, 0) is 30.8 Å². The molecule has 0 spiro atoms. The summed E-state index contributed by atoms with van der Waals surface area (Å²) < 4.78 is 16.5. The Morgan fingerprint density at radius 2 is 2.22 bits per heavy atom. The Bertz CT molecular complexity index is 539. The molecule has 2 rings (SSSR count). The van der Waals surface area contributed by atoms with Crippen LogP contribution in [0.3, 0.4) is 0 Å². The van der Waals surface area contributed by atoms with E-state index in [1.54, 1.807) is 16.8 Å². The molecule has 0 fully saturated rings. The molecule has 1 heterocycles. The number of benzene rings is 1. The molecule has 0 aliphatic rings. The quantitative estimate of drug-likeness (QED) is 0.940. The van der Waals surface area contributed by atoms with Crippen molar-refractivity contribution in [2.75, 3.05) is 6.54 Å². The van der Waals surface area contributed by atoms with E-state index in [1.807, 2.05) is 26.2 Å². The van der Waals surface area contributed by atoms with Crippen LogP contribution in [0.4, 0.5) is 4.39 Å². The number of hydrogen-bond acceptors (Lipinski definition) is 2. The van der Waals surface area contributed by atoms with E-state index in [-0.39, 0.29) is 11.9 Å². The summed E-state index contributed by atoms with van der Waals surface area (Å²) in [5.74, 6) is -0.227. The van der Waals surface area contributed by atoms with E-state index in [2.05, 4.69) is 26.3 Å². The van der Waals surface area contributed by atoms with Gasteiger partial charge in [0.05, 0.1) is 11.7 Å². The van der Waals surface area contributed by atoms with Gasteiger partial charge in [0.25, 0.3) is 0 Å². The topological polar surface area (TPSA) is 29.9 Å². The number of nitrogens with zero attached hydrogens (tertiary/aromatic N) is 2. The minimum absolute atomic E-state index is 0.227. The van der Waals surface area contributed by atoms with E-state index >= 15 is 0 Å². The zero-order valence-electron chi connectivity index (χ0n) is 10.3. The zero-order chi connectivity index (χ0) is 13.1. The highest BCUT2D eigenvalue weighted by atomic mass is 79.9. The van der Waals surface area contributed by atoms with Crippen LogP contribution in [-0.2, 0) is 7.05 Å². The number of nitrogens with one attached hydrogen (secondary N) is 1. The van der Waals surface area contributed by atoms with Crippen molar-refractivity contribution < 1.29 is 4.39 Å². The molecular formula is C13H15BrFN3. The Morgan fingerprint density at radius 3 is 2.83 bits per heavy atom. The van der Waals surface area contributed by atoms with Gasteiger partial charge in [-0.1, -0.05) is 22.9 Å². The molecule has 0 aliphatic carbocycles. The molecule has 1 N–H and O–H groups in total. The number of halogens is 2. The summed E-state index contributed by atoms with van der Waals surface area (Å²) in [5, 5.41) is 7.61. The predicted molar refractivity (Wildman–Crippen MR) is 72.8 cm³/mol. The van der Waals surface area contributed by atoms with Crippen LogP contribution >= 0.6 is 15.9 Å². The summed E-state index contributed by atoms with van der Waals surface area (Å²) in [7, 11) is 1.85. The average molecular weight is 312 g/mol. The first kappa shape index (κ1) is 13.2. The number of rotatable bonds is 4. The molecule has 5 heteroatoms. The number of aryl methyl sites for hydroxylation is 1. The minimum Gasteiger partial charge on any atom is -0.305 e. The van der Waals surface area contributed by atoms with Crippen LogP contribution in [-0.4, -0.2) is 16.3 Å². The number of hydrogen-bond donors (Lipinski definition) is 1. The van der Waals surface area contributed by atoms with Gasteiger partial charge >= 0.3 is 0 Å². The van der Waals surface area contributed by atoms with Crippen LogP contribution in [0.1, 0.15) is 24.2 Å². The van der Waals surface area contributed by atoms with Gasteiger partial charge in [-0.15, -0.1) is 0 Å². The summed E-state index contributed by atoms with van der Waals surface area (Å²) in [5.41, 5.74) is 1.42. The van der Waals surface area contributed by atoms with Gasteiger partial charge in [0.1, 0.15) is 5.82 Å². The van der Waals surface area contributed by atoms with Gasteiger partial charge in [-0.2, -0.15) is 5.10 Å². The van der Waals surface area contributed by atoms with E-state index in [0.29, 0.717) is 5.56 Å². The van der Waals surface area contributed by atoms with Gasteiger partial charge in [-0.25, -0.2) is 4.39 Å². The molecule has 18 heavy (non-hydrogen) atoms. The molecule has 2 aromatic rings. The van der Waals surface area contributed by atoms with Gasteiger partial charge in [0, 0.05) is 23.3 Å². The van der Waals surface area contributed by atoms with Crippen LogP contribution in [0.5, 0.6) is 0 Å². The molecule has 0 saturated heterocycles. The van der Waals surface area contributed by atoms with E-state index in [0.717, 1.165) is 16.7 Å². The second-order valence-corrected chi connectivity index (χ2v) is 4.99. The Hall–Kier alpha value is -1.20. The van der Waals surface area contributed by atoms with E-state index in [9.17, 15) is 4.39 Å². The summed E-state index contributed by atoms with van der Waals surface area (Å²) in [6.07, 6.45) is 1.86. The average Bonchev–Trinajstić information content (AvgIpc) is 2.76. The Balaban J connectivity index is 2.44. The third-order valence-corrected chi connectivity index (χ3v) is 3.20. The number of aromatic nitrogens is 2. The molecule has 0 bridgehead atoms. The lowest BCUT2D eigenvalue weighted by molar-refractivity contribution is 0.546. The van der Waals surface area contributed by atoms with Crippen LogP contribution in [0.25, 0.3) is 0 Å². The lowest BCUT2D eigenvalue weighted by Gasteiger charge is -2.17. The Labute approximate surface area is 114 Å². The second-order valence-electron chi connectivity index (χ2n) is 4.07. The molecular weight excluding hydrogens is 297 g/mol. The van der Waals surface area contributed by atoms with Gasteiger partial charge in [0.15, 0.2) is 0 Å². The summed E-state index contributed by atoms with van der Waals surface area (Å²) in [4.78, 5) is 0. The zero-order valence-corrected chi connectivity index (χ0v) is 11.9. The van der Waals surface area contributed by atoms with Crippen molar-refractivity contribution in [2.24, 2.45) is 7.05 Å². The van der Waals surface area contributed by atoms with E-state index < -0.39 is 0 Å². The fourth-order valence-corrected chi connectivity index (χ4v) is 2.28. The fourth-order valence-electron chi connectivity index (χ4n) is 1.90. The SMILES string of the molecule is CCNC(c1ccn(C)n1)c1cc(Br)ccc1F. The first-order chi connectivity index (χ1) is 8.61.